The Balaban J connectivity index is 1.69. The minimum Gasteiger partial charge on any atom is -0.394 e. The fraction of sp³-hybridized carbons (Fsp3) is 0.944. The third-order valence-electron chi connectivity index (χ3n) is 14.0. The molecule has 0 radical (unpaired) electrons. The molecule has 0 aromatic carbocycles. The minimum atomic E-state index is -1.78. The van der Waals surface area contributed by atoms with Crippen LogP contribution in [0, 0.1) is 0 Å². The van der Waals surface area contributed by atoms with E-state index in [1.165, 1.54) is 167 Å². The van der Waals surface area contributed by atoms with Crippen LogP contribution in [0.15, 0.2) is 12.2 Å². The van der Waals surface area contributed by atoms with Crippen molar-refractivity contribution in [2.75, 3.05) is 19.8 Å². The van der Waals surface area contributed by atoms with Gasteiger partial charge in [-0.05, 0) is 19.3 Å². The summed E-state index contributed by atoms with van der Waals surface area (Å²) in [5, 5.41) is 86.7. The van der Waals surface area contributed by atoms with Gasteiger partial charge >= 0.3 is 0 Å². The van der Waals surface area contributed by atoms with Gasteiger partial charge in [0.2, 0.25) is 5.91 Å². The summed E-state index contributed by atoms with van der Waals surface area (Å²) >= 11 is 0. The highest BCUT2D eigenvalue weighted by atomic mass is 16.7. The molecule has 0 aromatic heterocycles. The van der Waals surface area contributed by atoms with Gasteiger partial charge in [0.25, 0.3) is 0 Å². The molecule has 12 atom stereocenters. The zero-order valence-electron chi connectivity index (χ0n) is 42.9. The molecule has 0 spiro atoms. The SMILES string of the molecule is CCCCCCCCC/C=C/C(O)C(COC1OC(CO)C(OC2OC(CO)C(O)C(O)C2O)C(O)C1O)NC(=O)CCCCCCCCCCCCCCCCCCCCCCCCCCC. The maximum atomic E-state index is 13.2. The number of allylic oxidation sites excluding steroid dienone is 1. The normalized spacial score (nSPS) is 26.4. The van der Waals surface area contributed by atoms with Crippen LogP contribution in [0.4, 0.5) is 0 Å². The van der Waals surface area contributed by atoms with Crippen molar-refractivity contribution in [2.24, 2.45) is 0 Å². The smallest absolute Gasteiger partial charge is 0.220 e. The lowest BCUT2D eigenvalue weighted by Crippen LogP contribution is -2.65. The van der Waals surface area contributed by atoms with Crippen molar-refractivity contribution >= 4 is 5.91 Å². The molecular weight excluding hydrogens is 871 g/mol. The van der Waals surface area contributed by atoms with Crippen LogP contribution in [0.5, 0.6) is 0 Å². The Kier molecular flexibility index (Phi) is 38.1. The molecule has 14 heteroatoms. The molecule has 9 N–H and O–H groups in total. The van der Waals surface area contributed by atoms with E-state index in [0.717, 1.165) is 38.5 Å². The molecule has 0 saturated carbocycles. The number of amides is 1. The van der Waals surface area contributed by atoms with E-state index in [1.54, 1.807) is 6.08 Å². The molecule has 0 aliphatic carbocycles. The maximum absolute atomic E-state index is 13.2. The number of hydrogen-bond acceptors (Lipinski definition) is 13. The van der Waals surface area contributed by atoms with Gasteiger partial charge in [0.05, 0.1) is 32.0 Å². The number of ether oxygens (including phenoxy) is 4. The Bertz CT molecular complexity index is 1200. The molecule has 2 aliphatic rings. The maximum Gasteiger partial charge on any atom is 0.220 e. The second kappa shape index (κ2) is 41.2. The summed E-state index contributed by atoms with van der Waals surface area (Å²) in [6, 6.07) is -0.907. The Labute approximate surface area is 412 Å². The summed E-state index contributed by atoms with van der Waals surface area (Å²) in [6.07, 6.45) is 28.5. The van der Waals surface area contributed by atoms with Gasteiger partial charge in [0.15, 0.2) is 12.6 Å². The summed E-state index contributed by atoms with van der Waals surface area (Å²) in [6.45, 7) is 2.77. The van der Waals surface area contributed by atoms with E-state index in [4.69, 9.17) is 18.9 Å². The van der Waals surface area contributed by atoms with E-state index in [9.17, 15) is 45.6 Å². The molecule has 2 heterocycles. The van der Waals surface area contributed by atoms with Crippen molar-refractivity contribution in [3.63, 3.8) is 0 Å². The molecule has 1 amide bonds. The molecule has 0 bridgehead atoms. The molecule has 68 heavy (non-hydrogen) atoms. The average Bonchev–Trinajstić information content (AvgIpc) is 3.34. The van der Waals surface area contributed by atoms with Crippen molar-refractivity contribution in [3.8, 4) is 0 Å². The van der Waals surface area contributed by atoms with Gasteiger partial charge in [0.1, 0.15) is 48.8 Å². The summed E-state index contributed by atoms with van der Waals surface area (Å²) < 4.78 is 22.7. The van der Waals surface area contributed by atoms with Crippen molar-refractivity contribution in [1.82, 2.24) is 5.32 Å². The van der Waals surface area contributed by atoms with E-state index in [-0.39, 0.29) is 18.9 Å². The fourth-order valence-corrected chi connectivity index (χ4v) is 9.41. The van der Waals surface area contributed by atoms with E-state index >= 15 is 0 Å². The summed E-state index contributed by atoms with van der Waals surface area (Å²) in [4.78, 5) is 13.2. The largest absolute Gasteiger partial charge is 0.394 e. The topological polar surface area (TPSA) is 228 Å². The van der Waals surface area contributed by atoms with Crippen molar-refractivity contribution in [1.29, 1.82) is 0 Å². The first-order valence-electron chi connectivity index (χ1n) is 27.9. The highest BCUT2D eigenvalue weighted by Crippen LogP contribution is 2.30. The van der Waals surface area contributed by atoms with Gasteiger partial charge < -0.3 is 65.1 Å². The number of aliphatic hydroxyl groups is 8. The third kappa shape index (κ3) is 27.5. The Morgan fingerprint density at radius 1 is 0.515 bits per heavy atom. The van der Waals surface area contributed by atoms with Gasteiger partial charge in [0, 0.05) is 6.42 Å². The second-order valence-corrected chi connectivity index (χ2v) is 20.1. The zero-order valence-corrected chi connectivity index (χ0v) is 42.9. The second-order valence-electron chi connectivity index (χ2n) is 20.1. The van der Waals surface area contributed by atoms with Crippen LogP contribution < -0.4 is 5.32 Å². The molecule has 0 aromatic rings. The van der Waals surface area contributed by atoms with Gasteiger partial charge in [-0.3, -0.25) is 4.79 Å². The molecule has 2 fully saturated rings. The number of rotatable bonds is 44. The van der Waals surface area contributed by atoms with Gasteiger partial charge in [-0.2, -0.15) is 0 Å². The number of unbranched alkanes of at least 4 members (excludes halogenated alkanes) is 31. The van der Waals surface area contributed by atoms with Crippen LogP contribution in [0.1, 0.15) is 232 Å². The van der Waals surface area contributed by atoms with Crippen molar-refractivity contribution < 1.29 is 64.6 Å². The first-order valence-corrected chi connectivity index (χ1v) is 27.9. The number of carbonyl (C=O) groups excluding carboxylic acids is 1. The van der Waals surface area contributed by atoms with Crippen LogP contribution in [0.25, 0.3) is 0 Å². The van der Waals surface area contributed by atoms with E-state index in [0.29, 0.717) is 6.42 Å². The quantitative estimate of drug-likeness (QED) is 0.0207. The van der Waals surface area contributed by atoms with Crippen LogP contribution in [0.3, 0.4) is 0 Å². The van der Waals surface area contributed by atoms with Gasteiger partial charge in [-0.25, -0.2) is 0 Å². The standard InChI is InChI=1S/C54H103NO13/c1-3-5-7-9-11-13-14-15-16-17-18-19-20-21-22-23-24-25-26-27-28-30-32-34-36-38-46(59)55-42(43(58)37-35-33-31-29-12-10-8-6-4-2)41-65-53-51(64)49(62)52(45(40-57)67-53)68-54-50(63)48(61)47(60)44(39-56)66-54/h35,37,42-45,47-54,56-58,60-64H,3-34,36,38-41H2,1-2H3,(H,55,59)/b37-35+. The van der Waals surface area contributed by atoms with E-state index in [1.807, 2.05) is 6.08 Å². The molecule has 14 nitrogen and oxygen atoms in total. The van der Waals surface area contributed by atoms with E-state index < -0.39 is 86.8 Å². The van der Waals surface area contributed by atoms with Crippen LogP contribution in [0.2, 0.25) is 0 Å². The molecular formula is C54H103NO13. The molecule has 402 valence electrons. The monoisotopic (exact) mass is 974 g/mol. The first-order chi connectivity index (χ1) is 33.1. The number of nitrogens with one attached hydrogen (secondary N) is 1. The first kappa shape index (κ1) is 62.8. The lowest BCUT2D eigenvalue weighted by molar-refractivity contribution is -0.359. The Hall–Kier alpha value is -1.27. The van der Waals surface area contributed by atoms with Crippen molar-refractivity contribution in [3.05, 3.63) is 12.2 Å². The summed E-state index contributed by atoms with van der Waals surface area (Å²) in [7, 11) is 0. The Morgan fingerprint density at radius 2 is 0.912 bits per heavy atom. The molecule has 12 unspecified atom stereocenters. The lowest BCUT2D eigenvalue weighted by Gasteiger charge is -2.46. The lowest BCUT2D eigenvalue weighted by atomic mass is 9.97. The minimum absolute atomic E-state index is 0.237. The number of carbonyl (C=O) groups is 1. The predicted octanol–water partition coefficient (Wildman–Crippen LogP) is 8.33. The third-order valence-corrected chi connectivity index (χ3v) is 14.0. The predicted molar refractivity (Wildman–Crippen MR) is 268 cm³/mol. The highest BCUT2D eigenvalue weighted by Gasteiger charge is 2.51. The van der Waals surface area contributed by atoms with Gasteiger partial charge in [-0.1, -0.05) is 219 Å². The Morgan fingerprint density at radius 3 is 1.35 bits per heavy atom. The van der Waals surface area contributed by atoms with E-state index in [2.05, 4.69) is 19.2 Å². The van der Waals surface area contributed by atoms with Crippen LogP contribution >= 0.6 is 0 Å². The fourth-order valence-electron chi connectivity index (χ4n) is 9.41. The highest BCUT2D eigenvalue weighted by molar-refractivity contribution is 5.76. The summed E-state index contributed by atoms with van der Waals surface area (Å²) in [5.41, 5.74) is 0. The molecule has 2 saturated heterocycles. The van der Waals surface area contributed by atoms with Crippen LogP contribution in [-0.2, 0) is 23.7 Å². The summed E-state index contributed by atoms with van der Waals surface area (Å²) in [5.74, 6) is -0.237. The van der Waals surface area contributed by atoms with Gasteiger partial charge in [-0.15, -0.1) is 0 Å². The average molecular weight is 974 g/mol. The number of hydrogen-bond donors (Lipinski definition) is 9. The van der Waals surface area contributed by atoms with Crippen molar-refractivity contribution in [2.45, 2.75) is 306 Å². The molecule has 2 rings (SSSR count). The molecule has 2 aliphatic heterocycles. The zero-order chi connectivity index (χ0) is 49.6. The van der Waals surface area contributed by atoms with Crippen LogP contribution in [-0.4, -0.2) is 140 Å². The number of aliphatic hydroxyl groups excluding tert-OH is 8.